The van der Waals surface area contributed by atoms with E-state index in [4.69, 9.17) is 0 Å². The molecule has 4 nitrogen and oxygen atoms in total. The van der Waals surface area contributed by atoms with Crippen molar-refractivity contribution in [2.75, 3.05) is 18.8 Å². The number of amides is 1. The van der Waals surface area contributed by atoms with Gasteiger partial charge in [-0.3, -0.25) is 4.79 Å². The Kier molecular flexibility index (Phi) is 4.65. The number of nitrogens with zero attached hydrogens (tertiary/aromatic N) is 3. The summed E-state index contributed by atoms with van der Waals surface area (Å²) >= 11 is 1.75. The molecule has 25 heavy (non-hydrogen) atoms. The van der Waals surface area contributed by atoms with Crippen molar-refractivity contribution in [3.05, 3.63) is 66.4 Å². The van der Waals surface area contributed by atoms with Gasteiger partial charge in [-0.1, -0.05) is 42.5 Å². The monoisotopic (exact) mass is 349 g/mol. The van der Waals surface area contributed by atoms with E-state index in [0.717, 1.165) is 46.6 Å². The number of likely N-dealkylation sites (tertiary alicyclic amines) is 1. The van der Waals surface area contributed by atoms with Crippen molar-refractivity contribution in [1.29, 1.82) is 0 Å². The number of thioether (sulfide) groups is 1. The lowest BCUT2D eigenvalue weighted by atomic mass is 10.1. The van der Waals surface area contributed by atoms with E-state index in [9.17, 15) is 4.79 Å². The standard InChI is InChI=1S/C20H19N3OS/c24-20(16-6-2-1-3-7-16)23-11-10-15(13-23)14-25-19-18-9-5-4-8-17(18)12-21-22-19/h1-9,12,15H,10-11,13-14H2. The molecule has 0 N–H and O–H groups in total. The van der Waals surface area contributed by atoms with Gasteiger partial charge in [0.05, 0.1) is 6.20 Å². The summed E-state index contributed by atoms with van der Waals surface area (Å²) in [5.74, 6) is 1.60. The van der Waals surface area contributed by atoms with Crippen molar-refractivity contribution in [3.63, 3.8) is 0 Å². The molecule has 0 aliphatic carbocycles. The molecule has 126 valence electrons. The van der Waals surface area contributed by atoms with Crippen molar-refractivity contribution < 1.29 is 4.79 Å². The van der Waals surface area contributed by atoms with Crippen LogP contribution in [0.2, 0.25) is 0 Å². The maximum atomic E-state index is 12.5. The van der Waals surface area contributed by atoms with Gasteiger partial charge >= 0.3 is 0 Å². The first-order valence-electron chi connectivity index (χ1n) is 8.49. The second-order valence-electron chi connectivity index (χ2n) is 6.32. The maximum absolute atomic E-state index is 12.5. The van der Waals surface area contributed by atoms with Crippen molar-refractivity contribution in [2.24, 2.45) is 5.92 Å². The molecule has 0 radical (unpaired) electrons. The molecule has 5 heteroatoms. The number of benzene rings is 2. The van der Waals surface area contributed by atoms with Gasteiger partial charge in [-0.25, -0.2) is 0 Å². The summed E-state index contributed by atoms with van der Waals surface area (Å²) in [4.78, 5) is 14.5. The van der Waals surface area contributed by atoms with Gasteiger partial charge in [0.2, 0.25) is 0 Å². The van der Waals surface area contributed by atoms with Gasteiger partial charge in [0.25, 0.3) is 5.91 Å². The van der Waals surface area contributed by atoms with Crippen LogP contribution in [0.15, 0.2) is 65.8 Å². The zero-order chi connectivity index (χ0) is 17.1. The van der Waals surface area contributed by atoms with Gasteiger partial charge < -0.3 is 4.90 Å². The van der Waals surface area contributed by atoms with Crippen molar-refractivity contribution in [2.45, 2.75) is 11.4 Å². The molecule has 1 fully saturated rings. The average molecular weight is 349 g/mol. The number of carbonyl (C=O) groups excluding carboxylic acids is 1. The largest absolute Gasteiger partial charge is 0.338 e. The van der Waals surface area contributed by atoms with Crippen LogP contribution in [0.5, 0.6) is 0 Å². The fourth-order valence-electron chi connectivity index (χ4n) is 3.22. The third-order valence-electron chi connectivity index (χ3n) is 4.59. The highest BCUT2D eigenvalue weighted by atomic mass is 32.2. The van der Waals surface area contributed by atoms with E-state index in [1.165, 1.54) is 0 Å². The molecule has 0 saturated carbocycles. The quantitative estimate of drug-likeness (QED) is 0.671. The van der Waals surface area contributed by atoms with Crippen LogP contribution in [0, 0.1) is 5.92 Å². The normalized spacial score (nSPS) is 17.1. The molecule has 3 aromatic rings. The lowest BCUT2D eigenvalue weighted by Crippen LogP contribution is -2.28. The van der Waals surface area contributed by atoms with Crippen molar-refractivity contribution in [1.82, 2.24) is 15.1 Å². The second-order valence-corrected chi connectivity index (χ2v) is 7.33. The predicted molar refractivity (Wildman–Crippen MR) is 101 cm³/mol. The van der Waals surface area contributed by atoms with Crippen molar-refractivity contribution in [3.8, 4) is 0 Å². The number of hydrogen-bond acceptors (Lipinski definition) is 4. The van der Waals surface area contributed by atoms with Crippen LogP contribution in [-0.2, 0) is 0 Å². The van der Waals surface area contributed by atoms with Crippen LogP contribution >= 0.6 is 11.8 Å². The van der Waals surface area contributed by atoms with Crippen LogP contribution < -0.4 is 0 Å². The number of hydrogen-bond donors (Lipinski definition) is 0. The average Bonchev–Trinajstić information content (AvgIpc) is 3.15. The van der Waals surface area contributed by atoms with Crippen LogP contribution in [0.3, 0.4) is 0 Å². The molecule has 1 aliphatic heterocycles. The fraction of sp³-hybridized carbons (Fsp3) is 0.250. The minimum Gasteiger partial charge on any atom is -0.338 e. The molecule has 1 aliphatic rings. The third kappa shape index (κ3) is 3.51. The minimum atomic E-state index is 0.137. The van der Waals surface area contributed by atoms with Crippen LogP contribution in [0.1, 0.15) is 16.8 Å². The molecular weight excluding hydrogens is 330 g/mol. The first kappa shape index (κ1) is 16.1. The Hall–Kier alpha value is -2.40. The molecule has 1 unspecified atom stereocenters. The smallest absolute Gasteiger partial charge is 0.253 e. The zero-order valence-electron chi connectivity index (χ0n) is 13.8. The zero-order valence-corrected chi connectivity index (χ0v) is 14.7. The van der Waals surface area contributed by atoms with Gasteiger partial charge in [0.15, 0.2) is 0 Å². The summed E-state index contributed by atoms with van der Waals surface area (Å²) in [6.45, 7) is 1.65. The molecule has 1 aromatic heterocycles. The summed E-state index contributed by atoms with van der Waals surface area (Å²) in [6.07, 6.45) is 2.85. The summed E-state index contributed by atoms with van der Waals surface area (Å²) in [5.41, 5.74) is 0.774. The number of fused-ring (bicyclic) bond motifs is 1. The van der Waals surface area contributed by atoms with Crippen molar-refractivity contribution >= 4 is 28.4 Å². The lowest BCUT2D eigenvalue weighted by molar-refractivity contribution is 0.0788. The first-order valence-corrected chi connectivity index (χ1v) is 9.47. The minimum absolute atomic E-state index is 0.137. The van der Waals surface area contributed by atoms with E-state index in [1.807, 2.05) is 47.4 Å². The van der Waals surface area contributed by atoms with Crippen LogP contribution in [0.25, 0.3) is 10.8 Å². The lowest BCUT2D eigenvalue weighted by Gasteiger charge is -2.16. The highest BCUT2D eigenvalue weighted by Gasteiger charge is 2.27. The van der Waals surface area contributed by atoms with E-state index in [-0.39, 0.29) is 5.91 Å². The summed E-state index contributed by atoms with van der Waals surface area (Å²) in [6, 6.07) is 17.7. The Bertz CT molecular complexity index is 879. The Morgan fingerprint density at radius 2 is 1.92 bits per heavy atom. The number of carbonyl (C=O) groups is 1. The van der Waals surface area contributed by atoms with Gasteiger partial charge in [0.1, 0.15) is 5.03 Å². The second kappa shape index (κ2) is 7.23. The third-order valence-corrected chi connectivity index (χ3v) is 5.80. The molecular formula is C20H19N3OS. The SMILES string of the molecule is O=C(c1ccccc1)N1CCC(CSc2nncc3ccccc23)C1. The molecule has 1 amide bonds. The molecule has 0 spiro atoms. The van der Waals surface area contributed by atoms with E-state index < -0.39 is 0 Å². The van der Waals surface area contributed by atoms with Gasteiger partial charge in [-0.15, -0.1) is 16.9 Å². The fourth-order valence-corrected chi connectivity index (χ4v) is 4.33. The van der Waals surface area contributed by atoms with E-state index in [2.05, 4.69) is 22.3 Å². The predicted octanol–water partition coefficient (Wildman–Crippen LogP) is 3.88. The Balaban J connectivity index is 1.39. The maximum Gasteiger partial charge on any atom is 0.253 e. The molecule has 1 atom stereocenters. The van der Waals surface area contributed by atoms with Gasteiger partial charge in [-0.2, -0.15) is 5.10 Å². The summed E-state index contributed by atoms with van der Waals surface area (Å²) in [7, 11) is 0. The van der Waals surface area contributed by atoms with E-state index >= 15 is 0 Å². The summed E-state index contributed by atoms with van der Waals surface area (Å²) in [5, 5.41) is 11.7. The number of rotatable bonds is 4. The Morgan fingerprint density at radius 3 is 2.80 bits per heavy atom. The summed E-state index contributed by atoms with van der Waals surface area (Å²) < 4.78 is 0. The molecule has 2 heterocycles. The topological polar surface area (TPSA) is 46.1 Å². The highest BCUT2D eigenvalue weighted by molar-refractivity contribution is 7.99. The Labute approximate surface area is 151 Å². The van der Waals surface area contributed by atoms with Gasteiger partial charge in [-0.05, 0) is 24.5 Å². The molecule has 1 saturated heterocycles. The van der Waals surface area contributed by atoms with Crippen LogP contribution in [-0.4, -0.2) is 39.8 Å². The molecule has 2 aromatic carbocycles. The van der Waals surface area contributed by atoms with Gasteiger partial charge in [0, 0.05) is 35.2 Å². The number of aromatic nitrogens is 2. The van der Waals surface area contributed by atoms with Crippen LogP contribution in [0.4, 0.5) is 0 Å². The van der Waals surface area contributed by atoms with E-state index in [1.54, 1.807) is 18.0 Å². The Morgan fingerprint density at radius 1 is 1.12 bits per heavy atom. The highest BCUT2D eigenvalue weighted by Crippen LogP contribution is 2.29. The van der Waals surface area contributed by atoms with E-state index in [0.29, 0.717) is 5.92 Å². The molecule has 4 rings (SSSR count). The molecule has 0 bridgehead atoms. The first-order chi connectivity index (χ1) is 12.3.